The highest BCUT2D eigenvalue weighted by molar-refractivity contribution is 5.95. The van der Waals surface area contributed by atoms with Crippen molar-refractivity contribution in [3.63, 3.8) is 0 Å². The number of amides is 3. The highest BCUT2D eigenvalue weighted by Gasteiger charge is 2.39. The van der Waals surface area contributed by atoms with E-state index in [2.05, 4.69) is 5.32 Å². The number of likely N-dealkylation sites (N-methyl/N-ethyl adjacent to an activating group) is 1. The number of benzene rings is 1. The van der Waals surface area contributed by atoms with Crippen LogP contribution in [0.2, 0.25) is 0 Å². The molecule has 0 bridgehead atoms. The zero-order valence-electron chi connectivity index (χ0n) is 14.1. The Labute approximate surface area is 145 Å². The molecule has 25 heavy (non-hydrogen) atoms. The van der Waals surface area contributed by atoms with Crippen molar-refractivity contribution in [2.24, 2.45) is 5.73 Å². The fourth-order valence-corrected chi connectivity index (χ4v) is 3.19. The summed E-state index contributed by atoms with van der Waals surface area (Å²) in [5.74, 6) is -0.659. The lowest BCUT2D eigenvalue weighted by molar-refractivity contribution is -0.133. The molecule has 3 N–H and O–H groups in total. The molecule has 0 radical (unpaired) electrons. The zero-order valence-corrected chi connectivity index (χ0v) is 14.1. The Morgan fingerprint density at radius 3 is 2.64 bits per heavy atom. The van der Waals surface area contributed by atoms with Crippen molar-refractivity contribution in [2.75, 3.05) is 31.7 Å². The number of nitrogens with one attached hydrogen (secondary N) is 1. The predicted molar refractivity (Wildman–Crippen MR) is 90.6 cm³/mol. The average Bonchev–Trinajstić information content (AvgIpc) is 2.89. The molecule has 2 fully saturated rings. The number of nitrogens with two attached hydrogens (primary N) is 1. The minimum Gasteiger partial charge on any atom is -0.370 e. The number of rotatable bonds is 5. The van der Waals surface area contributed by atoms with Gasteiger partial charge in [-0.1, -0.05) is 12.1 Å². The van der Waals surface area contributed by atoms with E-state index >= 15 is 0 Å². The SMILES string of the molecule is CN1C(=O)C(NCc2ccc(N3CCOCC3=O)cc2)CC1C(N)=O. The smallest absolute Gasteiger partial charge is 0.253 e. The second kappa shape index (κ2) is 7.20. The number of morpholine rings is 1. The Balaban J connectivity index is 1.58. The first-order valence-corrected chi connectivity index (χ1v) is 8.24. The lowest BCUT2D eigenvalue weighted by Crippen LogP contribution is -2.41. The van der Waals surface area contributed by atoms with Crippen molar-refractivity contribution in [2.45, 2.75) is 25.0 Å². The molecule has 2 atom stereocenters. The number of carbonyl (C=O) groups is 3. The zero-order chi connectivity index (χ0) is 18.0. The van der Waals surface area contributed by atoms with Gasteiger partial charge in [0, 0.05) is 32.2 Å². The fourth-order valence-electron chi connectivity index (χ4n) is 3.19. The molecule has 1 aromatic carbocycles. The number of hydrogen-bond acceptors (Lipinski definition) is 5. The van der Waals surface area contributed by atoms with Gasteiger partial charge in [-0.3, -0.25) is 14.4 Å². The van der Waals surface area contributed by atoms with Crippen LogP contribution < -0.4 is 16.0 Å². The summed E-state index contributed by atoms with van der Waals surface area (Å²) in [6.45, 7) is 1.69. The van der Waals surface area contributed by atoms with E-state index in [4.69, 9.17) is 10.5 Å². The number of nitrogens with zero attached hydrogens (tertiary/aromatic N) is 2. The van der Waals surface area contributed by atoms with Gasteiger partial charge >= 0.3 is 0 Å². The van der Waals surface area contributed by atoms with Crippen LogP contribution in [0.3, 0.4) is 0 Å². The van der Waals surface area contributed by atoms with Gasteiger partial charge in [0.15, 0.2) is 0 Å². The molecule has 2 saturated heterocycles. The molecule has 8 nitrogen and oxygen atoms in total. The quantitative estimate of drug-likeness (QED) is 0.728. The Bertz CT molecular complexity index is 676. The van der Waals surface area contributed by atoms with Gasteiger partial charge in [0.25, 0.3) is 5.91 Å². The Kier molecular flexibility index (Phi) is 5.00. The molecule has 8 heteroatoms. The van der Waals surface area contributed by atoms with Crippen molar-refractivity contribution in [1.82, 2.24) is 10.2 Å². The van der Waals surface area contributed by atoms with Crippen molar-refractivity contribution < 1.29 is 19.1 Å². The van der Waals surface area contributed by atoms with E-state index in [1.807, 2.05) is 24.3 Å². The summed E-state index contributed by atoms with van der Waals surface area (Å²) in [7, 11) is 1.59. The first-order chi connectivity index (χ1) is 12.0. The maximum absolute atomic E-state index is 12.1. The summed E-state index contributed by atoms with van der Waals surface area (Å²) in [6, 6.07) is 6.63. The van der Waals surface area contributed by atoms with E-state index in [1.54, 1.807) is 11.9 Å². The molecule has 3 amide bonds. The van der Waals surface area contributed by atoms with Gasteiger partial charge in [-0.05, 0) is 17.7 Å². The fraction of sp³-hybridized carbons (Fsp3) is 0.471. The van der Waals surface area contributed by atoms with Crippen LogP contribution >= 0.6 is 0 Å². The maximum atomic E-state index is 12.1. The van der Waals surface area contributed by atoms with Crippen LogP contribution in [0.15, 0.2) is 24.3 Å². The van der Waals surface area contributed by atoms with E-state index < -0.39 is 18.0 Å². The lowest BCUT2D eigenvalue weighted by Gasteiger charge is -2.27. The first kappa shape index (κ1) is 17.4. The highest BCUT2D eigenvalue weighted by atomic mass is 16.5. The molecule has 3 rings (SSSR count). The van der Waals surface area contributed by atoms with Gasteiger partial charge in [-0.25, -0.2) is 0 Å². The van der Waals surface area contributed by atoms with Crippen LogP contribution in [0.4, 0.5) is 5.69 Å². The number of carbonyl (C=O) groups excluding carboxylic acids is 3. The van der Waals surface area contributed by atoms with Crippen molar-refractivity contribution >= 4 is 23.4 Å². The molecule has 2 aliphatic rings. The van der Waals surface area contributed by atoms with Crippen molar-refractivity contribution in [1.29, 1.82) is 0 Å². The van der Waals surface area contributed by atoms with Gasteiger partial charge in [-0.15, -0.1) is 0 Å². The van der Waals surface area contributed by atoms with Gasteiger partial charge in [0.2, 0.25) is 11.8 Å². The summed E-state index contributed by atoms with van der Waals surface area (Å²) in [5.41, 5.74) is 7.14. The number of primary amides is 1. The second-order valence-electron chi connectivity index (χ2n) is 6.30. The largest absolute Gasteiger partial charge is 0.370 e. The van der Waals surface area contributed by atoms with Crippen LogP contribution in [-0.2, 0) is 25.7 Å². The summed E-state index contributed by atoms with van der Waals surface area (Å²) >= 11 is 0. The minimum absolute atomic E-state index is 0.0470. The first-order valence-electron chi connectivity index (χ1n) is 8.24. The number of hydrogen-bond donors (Lipinski definition) is 2. The third kappa shape index (κ3) is 3.64. The third-order valence-corrected chi connectivity index (χ3v) is 4.69. The van der Waals surface area contributed by atoms with Gasteiger partial charge < -0.3 is 25.6 Å². The monoisotopic (exact) mass is 346 g/mol. The van der Waals surface area contributed by atoms with Crippen LogP contribution in [-0.4, -0.2) is 61.5 Å². The molecule has 1 aromatic rings. The minimum atomic E-state index is -0.556. The Hall–Kier alpha value is -2.45. The van der Waals surface area contributed by atoms with Crippen LogP contribution in [0.1, 0.15) is 12.0 Å². The molecule has 2 unspecified atom stereocenters. The molecular weight excluding hydrogens is 324 g/mol. The van der Waals surface area contributed by atoms with E-state index in [1.165, 1.54) is 4.90 Å². The standard InChI is InChI=1S/C17H22N4O4/c1-20-14(16(18)23)8-13(17(20)24)19-9-11-2-4-12(5-3-11)21-6-7-25-10-15(21)22/h2-5,13-14,19H,6-10H2,1H3,(H2,18,23). The number of anilines is 1. The van der Waals surface area contributed by atoms with E-state index in [0.717, 1.165) is 11.3 Å². The number of ether oxygens (including phenoxy) is 1. The normalized spacial score (nSPS) is 24.0. The highest BCUT2D eigenvalue weighted by Crippen LogP contribution is 2.19. The summed E-state index contributed by atoms with van der Waals surface area (Å²) in [4.78, 5) is 38.4. The van der Waals surface area contributed by atoms with Gasteiger partial charge in [-0.2, -0.15) is 0 Å². The molecule has 0 saturated carbocycles. The van der Waals surface area contributed by atoms with E-state index in [0.29, 0.717) is 26.1 Å². The average molecular weight is 346 g/mol. The van der Waals surface area contributed by atoms with Gasteiger partial charge in [0.1, 0.15) is 12.6 Å². The molecule has 0 spiro atoms. The Morgan fingerprint density at radius 2 is 2.04 bits per heavy atom. The van der Waals surface area contributed by atoms with E-state index in [9.17, 15) is 14.4 Å². The van der Waals surface area contributed by atoms with Crippen LogP contribution in [0.25, 0.3) is 0 Å². The molecule has 134 valence electrons. The predicted octanol–water partition coefficient (Wildman–Crippen LogP) is -0.776. The van der Waals surface area contributed by atoms with Crippen LogP contribution in [0, 0.1) is 0 Å². The summed E-state index contributed by atoms with van der Waals surface area (Å²) in [5, 5.41) is 3.17. The lowest BCUT2D eigenvalue weighted by atomic mass is 10.1. The van der Waals surface area contributed by atoms with Crippen molar-refractivity contribution in [3.05, 3.63) is 29.8 Å². The topological polar surface area (TPSA) is 105 Å². The third-order valence-electron chi connectivity index (χ3n) is 4.69. The summed E-state index contributed by atoms with van der Waals surface area (Å²) in [6.07, 6.45) is 0.380. The van der Waals surface area contributed by atoms with Gasteiger partial charge in [0.05, 0.1) is 12.6 Å². The molecule has 0 aliphatic carbocycles. The molecular formula is C17H22N4O4. The van der Waals surface area contributed by atoms with Crippen LogP contribution in [0.5, 0.6) is 0 Å². The molecule has 0 aromatic heterocycles. The molecule has 2 aliphatic heterocycles. The van der Waals surface area contributed by atoms with E-state index in [-0.39, 0.29) is 18.4 Å². The second-order valence-corrected chi connectivity index (χ2v) is 6.30. The number of likely N-dealkylation sites (tertiary alicyclic amines) is 1. The molecule has 2 heterocycles. The Morgan fingerprint density at radius 1 is 1.32 bits per heavy atom. The van der Waals surface area contributed by atoms with Crippen molar-refractivity contribution in [3.8, 4) is 0 Å². The summed E-state index contributed by atoms with van der Waals surface area (Å²) < 4.78 is 5.13. The maximum Gasteiger partial charge on any atom is 0.253 e.